The Hall–Kier alpha value is -1.00. The van der Waals surface area contributed by atoms with Crippen molar-refractivity contribution in [1.82, 2.24) is 4.98 Å². The van der Waals surface area contributed by atoms with Crippen LogP contribution < -0.4 is 0 Å². The second-order valence-electron chi connectivity index (χ2n) is 6.01. The van der Waals surface area contributed by atoms with E-state index >= 15 is 0 Å². The average Bonchev–Trinajstić information content (AvgIpc) is 2.92. The second-order valence-corrected chi connectivity index (χ2v) is 6.01. The summed E-state index contributed by atoms with van der Waals surface area (Å²) >= 11 is 0. The van der Waals surface area contributed by atoms with E-state index in [1.54, 1.807) is 0 Å². The third kappa shape index (κ3) is 5.36. The highest BCUT2D eigenvalue weighted by Gasteiger charge is 2.38. The lowest BCUT2D eigenvalue weighted by atomic mass is 9.80. The SMILES string of the molecule is CCCCCCC(C)(CCCC)c1nc(C(F)(F)F)co1. The van der Waals surface area contributed by atoms with Gasteiger partial charge >= 0.3 is 6.18 Å². The quantitative estimate of drug-likeness (QED) is 0.514. The first-order valence-corrected chi connectivity index (χ1v) is 7.86. The average molecular weight is 305 g/mol. The summed E-state index contributed by atoms with van der Waals surface area (Å²) in [5.74, 6) is 0.236. The number of oxazole rings is 1. The fraction of sp³-hybridized carbons (Fsp3) is 0.812. The van der Waals surface area contributed by atoms with Crippen molar-refractivity contribution in [3.05, 3.63) is 17.8 Å². The van der Waals surface area contributed by atoms with Crippen molar-refractivity contribution >= 4 is 0 Å². The van der Waals surface area contributed by atoms with E-state index in [9.17, 15) is 13.2 Å². The molecule has 0 spiro atoms. The highest BCUT2D eigenvalue weighted by atomic mass is 19.4. The van der Waals surface area contributed by atoms with E-state index in [0.29, 0.717) is 0 Å². The van der Waals surface area contributed by atoms with Crippen LogP contribution in [0.15, 0.2) is 10.7 Å². The largest absolute Gasteiger partial charge is 0.448 e. The molecule has 0 aromatic carbocycles. The summed E-state index contributed by atoms with van der Waals surface area (Å²) < 4.78 is 43.2. The van der Waals surface area contributed by atoms with Gasteiger partial charge in [-0.05, 0) is 12.8 Å². The molecule has 2 nitrogen and oxygen atoms in total. The van der Waals surface area contributed by atoms with Crippen molar-refractivity contribution in [1.29, 1.82) is 0 Å². The summed E-state index contributed by atoms with van der Waals surface area (Å²) in [5.41, 5.74) is -1.32. The molecule has 1 unspecified atom stereocenters. The maximum absolute atomic E-state index is 12.7. The number of hydrogen-bond donors (Lipinski definition) is 0. The van der Waals surface area contributed by atoms with Crippen LogP contribution in [0.1, 0.15) is 83.7 Å². The van der Waals surface area contributed by atoms with Gasteiger partial charge in [0, 0.05) is 5.41 Å². The van der Waals surface area contributed by atoms with Crippen molar-refractivity contribution in [2.24, 2.45) is 0 Å². The summed E-state index contributed by atoms with van der Waals surface area (Å²) in [5, 5.41) is 0. The van der Waals surface area contributed by atoms with Gasteiger partial charge in [-0.3, -0.25) is 0 Å². The Morgan fingerprint density at radius 1 is 1.00 bits per heavy atom. The number of aromatic nitrogens is 1. The second kappa shape index (κ2) is 7.85. The molecule has 0 bridgehead atoms. The molecule has 21 heavy (non-hydrogen) atoms. The van der Waals surface area contributed by atoms with E-state index < -0.39 is 17.3 Å². The zero-order valence-electron chi connectivity index (χ0n) is 13.2. The molecular formula is C16H26F3NO. The van der Waals surface area contributed by atoms with E-state index in [4.69, 9.17) is 4.42 Å². The molecule has 1 atom stereocenters. The number of halogens is 3. The Morgan fingerprint density at radius 2 is 1.62 bits per heavy atom. The molecule has 1 heterocycles. The lowest BCUT2D eigenvalue weighted by Gasteiger charge is -2.26. The third-order valence-corrected chi connectivity index (χ3v) is 3.98. The molecule has 5 heteroatoms. The molecular weight excluding hydrogens is 279 g/mol. The van der Waals surface area contributed by atoms with E-state index in [1.165, 1.54) is 0 Å². The molecule has 0 aliphatic heterocycles. The molecule has 0 fully saturated rings. The predicted octanol–water partition coefficient (Wildman–Crippen LogP) is 6.11. The Bertz CT molecular complexity index is 414. The highest BCUT2D eigenvalue weighted by Crippen LogP contribution is 2.37. The van der Waals surface area contributed by atoms with Crippen LogP contribution in [-0.4, -0.2) is 4.98 Å². The van der Waals surface area contributed by atoms with Crippen molar-refractivity contribution < 1.29 is 17.6 Å². The molecule has 1 aromatic heterocycles. The Balaban J connectivity index is 2.82. The van der Waals surface area contributed by atoms with Crippen LogP contribution >= 0.6 is 0 Å². The predicted molar refractivity (Wildman–Crippen MR) is 77.1 cm³/mol. The fourth-order valence-corrected chi connectivity index (χ4v) is 2.53. The van der Waals surface area contributed by atoms with Crippen LogP contribution in [0.5, 0.6) is 0 Å². The molecule has 0 amide bonds. The summed E-state index contributed by atoms with van der Waals surface area (Å²) in [6.45, 7) is 6.19. The summed E-state index contributed by atoms with van der Waals surface area (Å²) in [7, 11) is 0. The van der Waals surface area contributed by atoms with Crippen LogP contribution in [0.4, 0.5) is 13.2 Å². The minimum atomic E-state index is -4.43. The Labute approximate surface area is 125 Å². The maximum Gasteiger partial charge on any atom is 0.436 e. The minimum Gasteiger partial charge on any atom is -0.448 e. The Morgan fingerprint density at radius 3 is 2.14 bits per heavy atom. The first-order valence-electron chi connectivity index (χ1n) is 7.86. The van der Waals surface area contributed by atoms with Crippen molar-refractivity contribution in [2.75, 3.05) is 0 Å². The number of unbranched alkanes of at least 4 members (excludes halogenated alkanes) is 4. The van der Waals surface area contributed by atoms with Gasteiger partial charge in [0.15, 0.2) is 11.6 Å². The fourth-order valence-electron chi connectivity index (χ4n) is 2.53. The Kier molecular flexibility index (Phi) is 6.75. The molecule has 1 rings (SSSR count). The molecule has 0 aliphatic carbocycles. The van der Waals surface area contributed by atoms with Crippen molar-refractivity contribution in [2.45, 2.75) is 83.7 Å². The van der Waals surface area contributed by atoms with E-state index in [2.05, 4.69) is 18.8 Å². The van der Waals surface area contributed by atoms with Gasteiger partial charge in [0.2, 0.25) is 0 Å². The number of hydrogen-bond acceptors (Lipinski definition) is 2. The van der Waals surface area contributed by atoms with E-state index in [1.807, 2.05) is 6.92 Å². The van der Waals surface area contributed by atoms with Gasteiger partial charge in [-0.25, -0.2) is 4.98 Å². The summed E-state index contributed by atoms with van der Waals surface area (Å²) in [6, 6.07) is 0. The molecule has 0 radical (unpaired) electrons. The molecule has 0 saturated carbocycles. The van der Waals surface area contributed by atoms with Gasteiger partial charge in [0.1, 0.15) is 6.26 Å². The first kappa shape index (κ1) is 18.1. The molecule has 0 aliphatic rings. The van der Waals surface area contributed by atoms with Crippen LogP contribution in [-0.2, 0) is 11.6 Å². The molecule has 1 aromatic rings. The third-order valence-electron chi connectivity index (χ3n) is 3.98. The van der Waals surface area contributed by atoms with Crippen LogP contribution in [0, 0.1) is 0 Å². The monoisotopic (exact) mass is 305 g/mol. The lowest BCUT2D eigenvalue weighted by Crippen LogP contribution is -2.23. The first-order chi connectivity index (χ1) is 9.83. The summed E-state index contributed by atoms with van der Waals surface area (Å²) in [6.07, 6.45) is 4.32. The standard InChI is InChI=1S/C16H26F3NO/c1-4-6-8-9-11-15(3,10-7-5-2)14-20-13(12-21-14)16(17,18)19/h12H,4-11H2,1-3H3. The van der Waals surface area contributed by atoms with Crippen molar-refractivity contribution in [3.8, 4) is 0 Å². The molecule has 0 saturated heterocycles. The van der Waals surface area contributed by atoms with Crippen LogP contribution in [0.25, 0.3) is 0 Å². The van der Waals surface area contributed by atoms with E-state index in [-0.39, 0.29) is 5.89 Å². The zero-order chi connectivity index (χ0) is 15.9. The van der Waals surface area contributed by atoms with Gasteiger partial charge in [0.25, 0.3) is 0 Å². The smallest absolute Gasteiger partial charge is 0.436 e. The topological polar surface area (TPSA) is 26.0 Å². The van der Waals surface area contributed by atoms with Gasteiger partial charge in [-0.15, -0.1) is 0 Å². The van der Waals surface area contributed by atoms with Gasteiger partial charge in [-0.2, -0.15) is 13.2 Å². The number of nitrogens with zero attached hydrogens (tertiary/aromatic N) is 1. The van der Waals surface area contributed by atoms with Gasteiger partial charge in [0.05, 0.1) is 0 Å². The highest BCUT2D eigenvalue weighted by molar-refractivity contribution is 5.09. The number of rotatable bonds is 9. The van der Waals surface area contributed by atoms with Gasteiger partial charge < -0.3 is 4.42 Å². The molecule has 0 N–H and O–H groups in total. The van der Waals surface area contributed by atoms with E-state index in [0.717, 1.165) is 57.6 Å². The van der Waals surface area contributed by atoms with Crippen LogP contribution in [0.2, 0.25) is 0 Å². The molecule has 122 valence electrons. The summed E-state index contributed by atoms with van der Waals surface area (Å²) in [4.78, 5) is 3.71. The number of alkyl halides is 3. The van der Waals surface area contributed by atoms with Gasteiger partial charge in [-0.1, -0.05) is 59.3 Å². The van der Waals surface area contributed by atoms with Crippen LogP contribution in [0.3, 0.4) is 0 Å². The normalized spacial score (nSPS) is 15.1. The lowest BCUT2D eigenvalue weighted by molar-refractivity contribution is -0.141. The zero-order valence-corrected chi connectivity index (χ0v) is 13.2. The maximum atomic E-state index is 12.7. The minimum absolute atomic E-state index is 0.236. The van der Waals surface area contributed by atoms with Crippen molar-refractivity contribution in [3.63, 3.8) is 0 Å².